The zero-order valence-electron chi connectivity index (χ0n) is 15.2. The molecule has 0 aliphatic carbocycles. The molecule has 3 rings (SSSR count). The van der Waals surface area contributed by atoms with E-state index in [2.05, 4.69) is 28.3 Å². The van der Waals surface area contributed by atoms with Gasteiger partial charge in [0.1, 0.15) is 0 Å². The zero-order valence-corrected chi connectivity index (χ0v) is 18.2. The van der Waals surface area contributed by atoms with E-state index < -0.39 is 11.9 Å². The van der Waals surface area contributed by atoms with Gasteiger partial charge in [-0.25, -0.2) is 9.67 Å². The number of pyridine rings is 1. The van der Waals surface area contributed by atoms with Gasteiger partial charge in [0.25, 0.3) is 0 Å². The molecule has 132 valence electrons. The molecule has 0 saturated carbocycles. The fourth-order valence-electron chi connectivity index (χ4n) is 2.03. The van der Waals surface area contributed by atoms with E-state index in [0.29, 0.717) is 0 Å². The number of carboxylic acid groups (broad SMARTS) is 2. The first kappa shape index (κ1) is 23.4. The molecule has 0 spiro atoms. The number of benzene rings is 1. The van der Waals surface area contributed by atoms with Crippen molar-refractivity contribution in [2.75, 3.05) is 0 Å². The van der Waals surface area contributed by atoms with Gasteiger partial charge in [0.2, 0.25) is 0 Å². The number of fused-ring (bicyclic) bond motifs is 1. The minimum Gasteiger partial charge on any atom is -0.550 e. The van der Waals surface area contributed by atoms with Crippen LogP contribution in [0.4, 0.5) is 0 Å². The third kappa shape index (κ3) is 7.99. The Hall–Kier alpha value is -2.60. The van der Waals surface area contributed by atoms with Crippen molar-refractivity contribution in [3.8, 4) is 5.82 Å². The number of aliphatic carboxylic acids is 2. The van der Waals surface area contributed by atoms with Gasteiger partial charge in [-0.3, -0.25) is 0 Å². The van der Waals surface area contributed by atoms with Gasteiger partial charge in [-0.2, -0.15) is 5.10 Å². The summed E-state index contributed by atoms with van der Waals surface area (Å²) < 4.78 is 1.88. The number of para-hydroxylation sites is 1. The van der Waals surface area contributed by atoms with Crippen molar-refractivity contribution in [2.45, 2.75) is 27.7 Å². The Balaban J connectivity index is 0.000000596. The van der Waals surface area contributed by atoms with Gasteiger partial charge in [0.15, 0.2) is 5.82 Å². The maximum absolute atomic E-state index is 8.89. The van der Waals surface area contributed by atoms with E-state index in [1.54, 1.807) is 0 Å². The average Bonchev–Trinajstić information content (AvgIpc) is 2.84. The molecule has 0 N–H and O–H groups in total. The van der Waals surface area contributed by atoms with E-state index >= 15 is 0 Å². The Labute approximate surface area is 164 Å². The molecular formula is C18H19N3O4Zn. The Bertz CT molecular complexity index is 858. The quantitative estimate of drug-likeness (QED) is 0.545. The molecule has 8 heteroatoms. The van der Waals surface area contributed by atoms with Gasteiger partial charge >= 0.3 is 19.5 Å². The van der Waals surface area contributed by atoms with Crippen molar-refractivity contribution in [3.05, 3.63) is 53.9 Å². The molecule has 3 aromatic rings. The average molecular weight is 407 g/mol. The number of rotatable bonds is 1. The van der Waals surface area contributed by atoms with Crippen molar-refractivity contribution >= 4 is 22.8 Å². The van der Waals surface area contributed by atoms with Crippen LogP contribution in [0.25, 0.3) is 16.7 Å². The topological polar surface area (TPSA) is 111 Å². The van der Waals surface area contributed by atoms with Crippen molar-refractivity contribution in [1.29, 1.82) is 0 Å². The van der Waals surface area contributed by atoms with Crippen LogP contribution in [0.2, 0.25) is 0 Å². The van der Waals surface area contributed by atoms with Crippen LogP contribution >= 0.6 is 0 Å². The molecule has 1 aromatic carbocycles. The Morgan fingerprint density at radius 2 is 1.50 bits per heavy atom. The number of nitrogens with zero attached hydrogens (tertiary/aromatic N) is 3. The largest absolute Gasteiger partial charge is 2.00 e. The number of carbonyl (C=O) groups excluding carboxylic acids is 2. The molecule has 0 atom stereocenters. The second kappa shape index (κ2) is 11.1. The maximum atomic E-state index is 8.89. The first-order valence-electron chi connectivity index (χ1n) is 7.45. The molecule has 0 saturated heterocycles. The summed E-state index contributed by atoms with van der Waals surface area (Å²) in [6.07, 6.45) is 0. The minimum absolute atomic E-state index is 0. The third-order valence-electron chi connectivity index (χ3n) is 2.81. The van der Waals surface area contributed by atoms with Crippen LogP contribution in [0.5, 0.6) is 0 Å². The van der Waals surface area contributed by atoms with Gasteiger partial charge in [-0.15, -0.1) is 0 Å². The van der Waals surface area contributed by atoms with E-state index in [1.807, 2.05) is 42.8 Å². The molecule has 2 heterocycles. The van der Waals surface area contributed by atoms with E-state index in [1.165, 1.54) is 0 Å². The summed E-state index contributed by atoms with van der Waals surface area (Å²) >= 11 is 0. The Morgan fingerprint density at radius 3 is 2.00 bits per heavy atom. The van der Waals surface area contributed by atoms with E-state index in [-0.39, 0.29) is 19.5 Å². The smallest absolute Gasteiger partial charge is 0.550 e. The summed E-state index contributed by atoms with van der Waals surface area (Å²) in [5.41, 5.74) is 3.11. The van der Waals surface area contributed by atoms with Crippen LogP contribution in [-0.4, -0.2) is 26.7 Å². The molecular weight excluding hydrogens is 388 g/mol. The monoisotopic (exact) mass is 405 g/mol. The van der Waals surface area contributed by atoms with Gasteiger partial charge in [0, 0.05) is 23.0 Å². The van der Waals surface area contributed by atoms with Gasteiger partial charge in [-0.1, -0.05) is 18.2 Å². The zero-order chi connectivity index (χ0) is 19.0. The number of carboxylic acids is 2. The molecule has 0 unspecified atom stereocenters. The summed E-state index contributed by atoms with van der Waals surface area (Å²) in [6, 6.07) is 14.2. The van der Waals surface area contributed by atoms with Gasteiger partial charge in [-0.05, 0) is 52.0 Å². The first-order chi connectivity index (χ1) is 11.7. The molecule has 7 nitrogen and oxygen atoms in total. The summed E-state index contributed by atoms with van der Waals surface area (Å²) in [7, 11) is 0. The van der Waals surface area contributed by atoms with E-state index in [4.69, 9.17) is 19.8 Å². The van der Waals surface area contributed by atoms with Crippen molar-refractivity contribution in [3.63, 3.8) is 0 Å². The van der Waals surface area contributed by atoms with E-state index in [0.717, 1.165) is 42.0 Å². The van der Waals surface area contributed by atoms with Gasteiger partial charge in [0.05, 0.1) is 11.2 Å². The van der Waals surface area contributed by atoms with Crippen molar-refractivity contribution < 1.29 is 39.3 Å². The molecule has 0 aliphatic rings. The number of hydrogen-bond donors (Lipinski definition) is 0. The molecule has 0 amide bonds. The summed E-state index contributed by atoms with van der Waals surface area (Å²) in [4.78, 5) is 22.4. The molecule has 0 bridgehead atoms. The Morgan fingerprint density at radius 1 is 0.962 bits per heavy atom. The fraction of sp³-hybridized carbons (Fsp3) is 0.222. The van der Waals surface area contributed by atoms with Crippen molar-refractivity contribution in [1.82, 2.24) is 14.8 Å². The third-order valence-corrected chi connectivity index (χ3v) is 2.81. The van der Waals surface area contributed by atoms with Crippen LogP contribution in [0.1, 0.15) is 25.2 Å². The second-order valence-corrected chi connectivity index (χ2v) is 5.18. The molecule has 0 aliphatic heterocycles. The fourth-order valence-corrected chi connectivity index (χ4v) is 2.03. The number of hydrogen-bond acceptors (Lipinski definition) is 6. The van der Waals surface area contributed by atoms with Gasteiger partial charge < -0.3 is 19.8 Å². The molecule has 0 fully saturated rings. The van der Waals surface area contributed by atoms with E-state index in [9.17, 15) is 0 Å². The normalized spacial score (nSPS) is 9.08. The summed E-state index contributed by atoms with van der Waals surface area (Å²) in [6.45, 7) is 5.97. The predicted octanol–water partition coefficient (Wildman–Crippen LogP) is 0.547. The van der Waals surface area contributed by atoms with Crippen LogP contribution in [0, 0.1) is 13.8 Å². The standard InChI is InChI=1S/C14H13N3.2C2H4O2.Zn/c1-10-9-11(2)17(16-10)14-8-7-12-5-3-4-6-13(12)15-14;2*1-2(3)4;/h3-9H,1-2H3;2*1H3,(H,3,4);/q;;;+2/p-2. The van der Waals surface area contributed by atoms with Crippen LogP contribution < -0.4 is 10.2 Å². The minimum atomic E-state index is -1.08. The molecule has 0 radical (unpaired) electrons. The SMILES string of the molecule is CC(=O)[O-].CC(=O)[O-].Cc1cc(C)n(-c2ccc3ccccc3n2)n1.[Zn+2]. The maximum Gasteiger partial charge on any atom is 2.00 e. The first-order valence-corrected chi connectivity index (χ1v) is 7.45. The second-order valence-electron chi connectivity index (χ2n) is 5.18. The summed E-state index contributed by atoms with van der Waals surface area (Å²) in [5.74, 6) is -1.30. The van der Waals surface area contributed by atoms with Crippen molar-refractivity contribution in [2.24, 2.45) is 0 Å². The molecule has 26 heavy (non-hydrogen) atoms. The molecule has 2 aromatic heterocycles. The Kier molecular flexibility index (Phi) is 9.99. The summed E-state index contributed by atoms with van der Waals surface area (Å²) in [5, 5.41) is 23.4. The van der Waals surface area contributed by atoms with Crippen LogP contribution in [0.15, 0.2) is 42.5 Å². The number of aromatic nitrogens is 3. The number of carbonyl (C=O) groups is 2. The number of aryl methyl sites for hydroxylation is 2. The van der Waals surface area contributed by atoms with Crippen LogP contribution in [0.3, 0.4) is 0 Å². The van der Waals surface area contributed by atoms with Crippen LogP contribution in [-0.2, 0) is 29.1 Å². The predicted molar refractivity (Wildman–Crippen MR) is 89.7 cm³/mol.